The summed E-state index contributed by atoms with van der Waals surface area (Å²) in [5, 5.41) is 4.33. The molecule has 2 aliphatic rings. The third-order valence-electron chi connectivity index (χ3n) is 6.14. The van der Waals surface area contributed by atoms with Crippen molar-refractivity contribution in [3.05, 3.63) is 16.3 Å². The van der Waals surface area contributed by atoms with Crippen LogP contribution in [0.1, 0.15) is 49.4 Å². The summed E-state index contributed by atoms with van der Waals surface area (Å²) in [7, 11) is 0. The van der Waals surface area contributed by atoms with Crippen molar-refractivity contribution >= 4 is 33.3 Å². The summed E-state index contributed by atoms with van der Waals surface area (Å²) >= 11 is 1.87. The molecule has 29 heavy (non-hydrogen) atoms. The molecule has 2 aromatic rings. The number of hydrogen-bond donors (Lipinski definition) is 1. The standard InChI is InChI=1S/C22H33N5OS/c1-4-5-8-23-19(28)14-26-9-11-27(12-10-26)21-20-17-7-6-15(2)13-18(17)29-22(20)25-16(3)24-21/h15H,4-14H2,1-3H3,(H,23,28). The molecule has 1 fully saturated rings. The van der Waals surface area contributed by atoms with Gasteiger partial charge >= 0.3 is 0 Å². The molecular weight excluding hydrogens is 382 g/mol. The van der Waals surface area contributed by atoms with E-state index in [-0.39, 0.29) is 5.91 Å². The van der Waals surface area contributed by atoms with Crippen molar-refractivity contribution in [1.82, 2.24) is 20.2 Å². The number of unbranched alkanes of at least 4 members (excludes halogenated alkanes) is 1. The summed E-state index contributed by atoms with van der Waals surface area (Å²) in [6.07, 6.45) is 5.74. The molecule has 2 aromatic heterocycles. The van der Waals surface area contributed by atoms with E-state index < -0.39 is 0 Å². The summed E-state index contributed by atoms with van der Waals surface area (Å²) in [6, 6.07) is 0. The maximum Gasteiger partial charge on any atom is 0.234 e. The molecule has 0 bridgehead atoms. The van der Waals surface area contributed by atoms with Crippen LogP contribution in [0.4, 0.5) is 5.82 Å². The lowest BCUT2D eigenvalue weighted by Crippen LogP contribution is -2.50. The zero-order chi connectivity index (χ0) is 20.4. The van der Waals surface area contributed by atoms with Crippen molar-refractivity contribution in [2.75, 3.05) is 44.2 Å². The molecule has 0 aromatic carbocycles. The van der Waals surface area contributed by atoms with Crippen molar-refractivity contribution < 1.29 is 4.79 Å². The quantitative estimate of drug-likeness (QED) is 0.735. The first-order valence-corrected chi connectivity index (χ1v) is 11.9. The number of carbonyl (C=O) groups excluding carboxylic acids is 1. The largest absolute Gasteiger partial charge is 0.355 e. The van der Waals surface area contributed by atoms with Crippen LogP contribution in [0, 0.1) is 12.8 Å². The molecule has 1 unspecified atom stereocenters. The van der Waals surface area contributed by atoms with E-state index in [0.717, 1.165) is 74.4 Å². The Kier molecular flexibility index (Phi) is 6.35. The van der Waals surface area contributed by atoms with Crippen LogP contribution >= 0.6 is 11.3 Å². The van der Waals surface area contributed by atoms with Crippen molar-refractivity contribution in [3.63, 3.8) is 0 Å². The zero-order valence-electron chi connectivity index (χ0n) is 18.0. The molecular formula is C22H33N5OS. The molecule has 4 rings (SSSR count). The van der Waals surface area contributed by atoms with Gasteiger partial charge in [-0.05, 0) is 44.1 Å². The second-order valence-electron chi connectivity index (χ2n) is 8.59. The van der Waals surface area contributed by atoms with Gasteiger partial charge in [-0.15, -0.1) is 11.3 Å². The van der Waals surface area contributed by atoms with E-state index in [9.17, 15) is 4.79 Å². The molecule has 1 amide bonds. The van der Waals surface area contributed by atoms with Crippen molar-refractivity contribution in [2.24, 2.45) is 5.92 Å². The predicted molar refractivity (Wildman–Crippen MR) is 120 cm³/mol. The van der Waals surface area contributed by atoms with Crippen LogP contribution in [-0.2, 0) is 17.6 Å². The Bertz CT molecular complexity index is 872. The van der Waals surface area contributed by atoms with E-state index in [1.807, 2.05) is 18.3 Å². The average Bonchev–Trinajstić information content (AvgIpc) is 3.05. The molecule has 0 spiro atoms. The summed E-state index contributed by atoms with van der Waals surface area (Å²) in [4.78, 5) is 29.1. The number of nitrogens with one attached hydrogen (secondary N) is 1. The number of piperazine rings is 1. The molecule has 1 atom stereocenters. The van der Waals surface area contributed by atoms with Crippen LogP contribution in [0.2, 0.25) is 0 Å². The lowest BCUT2D eigenvalue weighted by atomic mass is 9.89. The van der Waals surface area contributed by atoms with Gasteiger partial charge in [0.25, 0.3) is 0 Å². The fourth-order valence-electron chi connectivity index (χ4n) is 4.44. The van der Waals surface area contributed by atoms with E-state index in [1.54, 1.807) is 0 Å². The van der Waals surface area contributed by atoms with Crippen LogP contribution in [0.15, 0.2) is 0 Å². The van der Waals surface area contributed by atoms with Crippen LogP contribution < -0.4 is 10.2 Å². The van der Waals surface area contributed by atoms with Crippen LogP contribution in [-0.4, -0.2) is 60.0 Å². The third kappa shape index (κ3) is 4.56. The predicted octanol–water partition coefficient (Wildman–Crippen LogP) is 3.16. The first-order chi connectivity index (χ1) is 14.0. The summed E-state index contributed by atoms with van der Waals surface area (Å²) in [5.74, 6) is 2.89. The number of nitrogens with zero attached hydrogens (tertiary/aromatic N) is 4. The minimum absolute atomic E-state index is 0.146. The number of aromatic nitrogens is 2. The highest BCUT2D eigenvalue weighted by Gasteiger charge is 2.27. The van der Waals surface area contributed by atoms with E-state index in [0.29, 0.717) is 6.54 Å². The molecule has 1 aliphatic heterocycles. The van der Waals surface area contributed by atoms with E-state index in [4.69, 9.17) is 9.97 Å². The average molecular weight is 416 g/mol. The Morgan fingerprint density at radius 1 is 1.24 bits per heavy atom. The van der Waals surface area contributed by atoms with E-state index >= 15 is 0 Å². The smallest absolute Gasteiger partial charge is 0.234 e. The normalized spacial score (nSPS) is 20.1. The molecule has 6 nitrogen and oxygen atoms in total. The number of thiophene rings is 1. The molecule has 0 radical (unpaired) electrons. The van der Waals surface area contributed by atoms with Gasteiger partial charge in [-0.2, -0.15) is 0 Å². The highest BCUT2D eigenvalue weighted by atomic mass is 32.1. The number of anilines is 1. The number of rotatable bonds is 6. The fourth-order valence-corrected chi connectivity index (χ4v) is 5.86. The molecule has 7 heteroatoms. The van der Waals surface area contributed by atoms with Crippen molar-refractivity contribution in [3.8, 4) is 0 Å². The van der Waals surface area contributed by atoms with Crippen LogP contribution in [0.5, 0.6) is 0 Å². The maximum atomic E-state index is 12.1. The molecule has 158 valence electrons. The van der Waals surface area contributed by atoms with Gasteiger partial charge in [0, 0.05) is 37.6 Å². The van der Waals surface area contributed by atoms with E-state index in [2.05, 4.69) is 29.0 Å². The first-order valence-electron chi connectivity index (χ1n) is 11.1. The topological polar surface area (TPSA) is 61.4 Å². The second kappa shape index (κ2) is 8.96. The highest BCUT2D eigenvalue weighted by molar-refractivity contribution is 7.19. The van der Waals surface area contributed by atoms with Crippen molar-refractivity contribution in [1.29, 1.82) is 0 Å². The lowest BCUT2D eigenvalue weighted by molar-refractivity contribution is -0.122. The van der Waals surface area contributed by atoms with Gasteiger partial charge in [0.15, 0.2) is 0 Å². The Morgan fingerprint density at radius 3 is 2.79 bits per heavy atom. The summed E-state index contributed by atoms with van der Waals surface area (Å²) in [5.41, 5.74) is 1.50. The Morgan fingerprint density at radius 2 is 2.03 bits per heavy atom. The third-order valence-corrected chi connectivity index (χ3v) is 7.29. The number of fused-ring (bicyclic) bond motifs is 3. The maximum absolute atomic E-state index is 12.1. The van der Waals surface area contributed by atoms with Crippen LogP contribution in [0.3, 0.4) is 0 Å². The number of amides is 1. The summed E-state index contributed by atoms with van der Waals surface area (Å²) < 4.78 is 0. The zero-order valence-corrected chi connectivity index (χ0v) is 18.8. The molecule has 3 heterocycles. The molecule has 1 N–H and O–H groups in total. The van der Waals surface area contributed by atoms with Gasteiger partial charge in [0.1, 0.15) is 16.5 Å². The fraction of sp³-hybridized carbons (Fsp3) is 0.682. The monoisotopic (exact) mass is 415 g/mol. The van der Waals surface area contributed by atoms with Gasteiger partial charge < -0.3 is 10.2 Å². The van der Waals surface area contributed by atoms with Gasteiger partial charge in [0.2, 0.25) is 5.91 Å². The Balaban J connectivity index is 1.46. The SMILES string of the molecule is CCCCNC(=O)CN1CCN(c2nc(C)nc3sc4c(c23)CCC(C)C4)CC1. The minimum Gasteiger partial charge on any atom is -0.355 e. The minimum atomic E-state index is 0.146. The Hall–Kier alpha value is -1.73. The number of aryl methyl sites for hydroxylation is 2. The van der Waals surface area contributed by atoms with E-state index in [1.165, 1.54) is 28.7 Å². The first kappa shape index (κ1) is 20.5. The molecule has 1 saturated heterocycles. The van der Waals surface area contributed by atoms with Gasteiger partial charge in [-0.1, -0.05) is 20.3 Å². The second-order valence-corrected chi connectivity index (χ2v) is 9.68. The van der Waals surface area contributed by atoms with Crippen LogP contribution in [0.25, 0.3) is 10.2 Å². The number of carbonyl (C=O) groups is 1. The lowest BCUT2D eigenvalue weighted by Gasteiger charge is -2.35. The van der Waals surface area contributed by atoms with Gasteiger partial charge in [0.05, 0.1) is 11.9 Å². The highest BCUT2D eigenvalue weighted by Crippen LogP contribution is 2.41. The van der Waals surface area contributed by atoms with Gasteiger partial charge in [-0.25, -0.2) is 9.97 Å². The van der Waals surface area contributed by atoms with Crippen molar-refractivity contribution in [2.45, 2.75) is 52.9 Å². The molecule has 1 aliphatic carbocycles. The summed E-state index contributed by atoms with van der Waals surface area (Å²) in [6.45, 7) is 11.4. The number of hydrogen-bond acceptors (Lipinski definition) is 6. The van der Waals surface area contributed by atoms with Gasteiger partial charge in [-0.3, -0.25) is 9.69 Å². The Labute approximate surface area is 177 Å². The molecule has 0 saturated carbocycles.